The van der Waals surface area contributed by atoms with E-state index in [-0.39, 0.29) is 17.2 Å². The lowest BCUT2D eigenvalue weighted by Crippen LogP contribution is -2.36. The van der Waals surface area contributed by atoms with Crippen LogP contribution in [0.3, 0.4) is 0 Å². The number of methoxy groups -OCH3 is 1. The summed E-state index contributed by atoms with van der Waals surface area (Å²) in [5.41, 5.74) is -0.157. The van der Waals surface area contributed by atoms with Crippen molar-refractivity contribution in [2.24, 2.45) is 7.05 Å². The summed E-state index contributed by atoms with van der Waals surface area (Å²) in [5.74, 6) is 0.284. The van der Waals surface area contributed by atoms with Crippen LogP contribution in [0.4, 0.5) is 0 Å². The lowest BCUT2D eigenvalue weighted by atomic mass is 10.2. The Morgan fingerprint density at radius 2 is 1.79 bits per heavy atom. The fourth-order valence-corrected chi connectivity index (χ4v) is 2.17. The third-order valence-corrected chi connectivity index (χ3v) is 3.60. The normalized spacial score (nSPS) is 10.4. The van der Waals surface area contributed by atoms with Gasteiger partial charge >= 0.3 is 11.7 Å². The van der Waals surface area contributed by atoms with Crippen molar-refractivity contribution in [1.82, 2.24) is 9.13 Å². The standard InChI is InChI=1S/C17H20N2O5/c1-18-15(20)9-11-19(17(18)22)10-3-4-12-24-14-7-5-13(6-8-14)16(21)23-2/h5-9,11H,3-4,10,12H2,1-2H3. The molecule has 0 unspecified atom stereocenters. The molecule has 0 amide bonds. The minimum absolute atomic E-state index is 0.310. The van der Waals surface area contributed by atoms with E-state index in [1.807, 2.05) is 0 Å². The molecule has 1 aromatic carbocycles. The van der Waals surface area contributed by atoms with E-state index in [0.717, 1.165) is 17.4 Å². The van der Waals surface area contributed by atoms with Crippen molar-refractivity contribution in [1.29, 1.82) is 0 Å². The highest BCUT2D eigenvalue weighted by Crippen LogP contribution is 2.13. The number of nitrogens with zero attached hydrogens (tertiary/aromatic N) is 2. The Morgan fingerprint density at radius 1 is 1.08 bits per heavy atom. The summed E-state index contributed by atoms with van der Waals surface area (Å²) in [7, 11) is 2.80. The van der Waals surface area contributed by atoms with Crippen LogP contribution in [0, 0.1) is 0 Å². The van der Waals surface area contributed by atoms with Gasteiger partial charge in [-0.25, -0.2) is 9.59 Å². The molecule has 0 bridgehead atoms. The average Bonchev–Trinajstić information content (AvgIpc) is 2.61. The van der Waals surface area contributed by atoms with Crippen molar-refractivity contribution >= 4 is 5.97 Å². The molecule has 0 aliphatic rings. The fraction of sp³-hybridized carbons (Fsp3) is 0.353. The third kappa shape index (κ3) is 4.34. The first-order valence-electron chi connectivity index (χ1n) is 7.60. The molecule has 2 rings (SSSR count). The second-order valence-electron chi connectivity index (χ2n) is 5.26. The highest BCUT2D eigenvalue weighted by atomic mass is 16.5. The van der Waals surface area contributed by atoms with Gasteiger partial charge in [0, 0.05) is 25.9 Å². The van der Waals surface area contributed by atoms with Gasteiger partial charge in [0.1, 0.15) is 5.75 Å². The number of unbranched alkanes of at least 4 members (excludes halogenated alkanes) is 1. The van der Waals surface area contributed by atoms with Gasteiger partial charge < -0.3 is 14.0 Å². The zero-order valence-electron chi connectivity index (χ0n) is 13.7. The summed E-state index contributed by atoms with van der Waals surface area (Å²) in [6, 6.07) is 8.09. The SMILES string of the molecule is COC(=O)c1ccc(OCCCCn2ccc(=O)n(C)c2=O)cc1. The molecule has 1 heterocycles. The van der Waals surface area contributed by atoms with Crippen molar-refractivity contribution in [3.63, 3.8) is 0 Å². The number of aryl methyl sites for hydroxylation is 1. The lowest BCUT2D eigenvalue weighted by Gasteiger charge is -2.08. The van der Waals surface area contributed by atoms with Gasteiger partial charge in [-0.3, -0.25) is 9.36 Å². The van der Waals surface area contributed by atoms with E-state index in [0.29, 0.717) is 24.5 Å². The Kier molecular flexibility index (Phi) is 5.95. The lowest BCUT2D eigenvalue weighted by molar-refractivity contribution is 0.0600. The molecule has 24 heavy (non-hydrogen) atoms. The molecule has 128 valence electrons. The van der Waals surface area contributed by atoms with Gasteiger partial charge in [0.15, 0.2) is 0 Å². The van der Waals surface area contributed by atoms with E-state index < -0.39 is 0 Å². The first kappa shape index (κ1) is 17.5. The van der Waals surface area contributed by atoms with Crippen LogP contribution in [0.2, 0.25) is 0 Å². The number of carbonyl (C=O) groups excluding carboxylic acids is 1. The molecule has 0 N–H and O–H groups in total. The molecule has 0 saturated carbocycles. The summed E-state index contributed by atoms with van der Waals surface area (Å²) in [6.07, 6.45) is 3.02. The Bertz CT molecular complexity index is 805. The number of carbonyl (C=O) groups is 1. The summed E-state index contributed by atoms with van der Waals surface area (Å²) < 4.78 is 12.8. The number of esters is 1. The second kappa shape index (κ2) is 8.14. The van der Waals surface area contributed by atoms with Crippen molar-refractivity contribution in [3.05, 3.63) is 62.9 Å². The van der Waals surface area contributed by atoms with Crippen LogP contribution in [-0.4, -0.2) is 28.8 Å². The Labute approximate surface area is 139 Å². The third-order valence-electron chi connectivity index (χ3n) is 3.60. The van der Waals surface area contributed by atoms with Gasteiger partial charge in [-0.2, -0.15) is 0 Å². The zero-order chi connectivity index (χ0) is 17.5. The molecule has 0 spiro atoms. The van der Waals surface area contributed by atoms with Crippen LogP contribution >= 0.6 is 0 Å². The molecule has 1 aromatic heterocycles. The predicted molar refractivity (Wildman–Crippen MR) is 88.5 cm³/mol. The molecule has 0 aliphatic heterocycles. The van der Waals surface area contributed by atoms with Crippen molar-refractivity contribution in [2.75, 3.05) is 13.7 Å². The van der Waals surface area contributed by atoms with Crippen molar-refractivity contribution < 1.29 is 14.3 Å². The molecular formula is C17H20N2O5. The molecule has 7 heteroatoms. The summed E-state index contributed by atoms with van der Waals surface area (Å²) >= 11 is 0. The van der Waals surface area contributed by atoms with E-state index in [4.69, 9.17) is 4.74 Å². The molecule has 2 aromatic rings. The van der Waals surface area contributed by atoms with Gasteiger partial charge in [-0.1, -0.05) is 0 Å². The largest absolute Gasteiger partial charge is 0.494 e. The second-order valence-corrected chi connectivity index (χ2v) is 5.26. The Balaban J connectivity index is 1.77. The van der Waals surface area contributed by atoms with Crippen LogP contribution < -0.4 is 16.0 Å². The van der Waals surface area contributed by atoms with E-state index in [1.165, 1.54) is 31.0 Å². The van der Waals surface area contributed by atoms with Gasteiger partial charge in [-0.15, -0.1) is 0 Å². The summed E-state index contributed by atoms with van der Waals surface area (Å²) in [4.78, 5) is 34.5. The first-order chi connectivity index (χ1) is 11.5. The minimum atomic E-state index is -0.385. The summed E-state index contributed by atoms with van der Waals surface area (Å²) in [6.45, 7) is 1.02. The number of hydrogen-bond donors (Lipinski definition) is 0. The number of rotatable bonds is 7. The molecule has 0 aliphatic carbocycles. The molecule has 0 radical (unpaired) electrons. The van der Waals surface area contributed by atoms with Crippen LogP contribution in [-0.2, 0) is 18.3 Å². The molecule has 0 atom stereocenters. The molecule has 7 nitrogen and oxygen atoms in total. The van der Waals surface area contributed by atoms with E-state index in [1.54, 1.807) is 24.3 Å². The highest BCUT2D eigenvalue weighted by molar-refractivity contribution is 5.89. The van der Waals surface area contributed by atoms with Gasteiger partial charge in [0.25, 0.3) is 5.56 Å². The number of ether oxygens (including phenoxy) is 2. The van der Waals surface area contributed by atoms with E-state index >= 15 is 0 Å². The number of benzene rings is 1. The van der Waals surface area contributed by atoms with Crippen molar-refractivity contribution in [2.45, 2.75) is 19.4 Å². The smallest absolute Gasteiger partial charge is 0.337 e. The van der Waals surface area contributed by atoms with Crippen LogP contribution in [0.5, 0.6) is 5.75 Å². The molecular weight excluding hydrogens is 312 g/mol. The average molecular weight is 332 g/mol. The van der Waals surface area contributed by atoms with Crippen LogP contribution in [0.25, 0.3) is 0 Å². The van der Waals surface area contributed by atoms with E-state index in [9.17, 15) is 14.4 Å². The maximum atomic E-state index is 11.8. The highest BCUT2D eigenvalue weighted by Gasteiger charge is 2.05. The fourth-order valence-electron chi connectivity index (χ4n) is 2.17. The van der Waals surface area contributed by atoms with Crippen molar-refractivity contribution in [3.8, 4) is 5.75 Å². The van der Waals surface area contributed by atoms with E-state index in [2.05, 4.69) is 4.74 Å². The zero-order valence-corrected chi connectivity index (χ0v) is 13.7. The monoisotopic (exact) mass is 332 g/mol. The Hall–Kier alpha value is -2.83. The maximum Gasteiger partial charge on any atom is 0.337 e. The predicted octanol–water partition coefficient (Wildman–Crippen LogP) is 1.19. The Morgan fingerprint density at radius 3 is 2.46 bits per heavy atom. The first-order valence-corrected chi connectivity index (χ1v) is 7.60. The maximum absolute atomic E-state index is 11.8. The van der Waals surface area contributed by atoms with Gasteiger partial charge in [-0.05, 0) is 37.1 Å². The van der Waals surface area contributed by atoms with Crippen LogP contribution in [0.15, 0.2) is 46.1 Å². The molecule has 0 fully saturated rings. The topological polar surface area (TPSA) is 79.5 Å². The van der Waals surface area contributed by atoms with Gasteiger partial charge in [0.05, 0.1) is 19.3 Å². The number of aromatic nitrogens is 2. The van der Waals surface area contributed by atoms with Crippen LogP contribution in [0.1, 0.15) is 23.2 Å². The summed E-state index contributed by atoms with van der Waals surface area (Å²) in [5, 5.41) is 0. The quantitative estimate of drug-likeness (QED) is 0.562. The number of hydrogen-bond acceptors (Lipinski definition) is 5. The molecule has 0 saturated heterocycles. The minimum Gasteiger partial charge on any atom is -0.494 e. The van der Waals surface area contributed by atoms with Gasteiger partial charge in [0.2, 0.25) is 0 Å².